The zero-order valence-corrected chi connectivity index (χ0v) is 11.5. The second kappa shape index (κ2) is 6.32. The van der Waals surface area contributed by atoms with Crippen LogP contribution in [0, 0.1) is 19.8 Å². The molecular weight excluding hydrogens is 236 g/mol. The van der Waals surface area contributed by atoms with Gasteiger partial charge in [-0.1, -0.05) is 29.8 Å². The second-order valence-electron chi connectivity index (χ2n) is 5.08. The summed E-state index contributed by atoms with van der Waals surface area (Å²) in [6.07, 6.45) is 9.44. The van der Waals surface area contributed by atoms with Gasteiger partial charge in [-0.2, -0.15) is 5.10 Å². The van der Waals surface area contributed by atoms with Crippen molar-refractivity contribution in [2.75, 3.05) is 0 Å². The Morgan fingerprint density at radius 3 is 2.89 bits per heavy atom. The summed E-state index contributed by atoms with van der Waals surface area (Å²) < 4.78 is 0. The number of rotatable bonds is 3. The molecule has 1 aliphatic rings. The number of hydrogen-bond acceptors (Lipinski definition) is 2. The zero-order chi connectivity index (χ0) is 13.7. The summed E-state index contributed by atoms with van der Waals surface area (Å²) >= 11 is 0. The van der Waals surface area contributed by atoms with E-state index < -0.39 is 0 Å². The highest BCUT2D eigenvalue weighted by molar-refractivity contribution is 5.95. The number of hydrazone groups is 1. The van der Waals surface area contributed by atoms with Crippen LogP contribution in [0.15, 0.2) is 35.5 Å². The van der Waals surface area contributed by atoms with E-state index in [0.717, 1.165) is 30.4 Å². The van der Waals surface area contributed by atoms with E-state index in [4.69, 9.17) is 0 Å². The fourth-order valence-electron chi connectivity index (χ4n) is 2.28. The summed E-state index contributed by atoms with van der Waals surface area (Å²) in [6.45, 7) is 3.96. The zero-order valence-electron chi connectivity index (χ0n) is 11.5. The third-order valence-electron chi connectivity index (χ3n) is 3.39. The van der Waals surface area contributed by atoms with Gasteiger partial charge < -0.3 is 0 Å². The lowest BCUT2D eigenvalue weighted by molar-refractivity contribution is 0.0954. The molecular formula is C16H20N2O. The van der Waals surface area contributed by atoms with Gasteiger partial charge in [0, 0.05) is 11.8 Å². The molecule has 0 unspecified atom stereocenters. The Morgan fingerprint density at radius 1 is 1.37 bits per heavy atom. The molecule has 19 heavy (non-hydrogen) atoms. The topological polar surface area (TPSA) is 41.5 Å². The van der Waals surface area contributed by atoms with E-state index in [-0.39, 0.29) is 5.91 Å². The Morgan fingerprint density at radius 2 is 2.21 bits per heavy atom. The largest absolute Gasteiger partial charge is 0.271 e. The first-order valence-electron chi connectivity index (χ1n) is 6.72. The van der Waals surface area contributed by atoms with E-state index in [9.17, 15) is 4.79 Å². The molecule has 1 aromatic rings. The predicted molar refractivity (Wildman–Crippen MR) is 78.4 cm³/mol. The second-order valence-corrected chi connectivity index (χ2v) is 5.08. The van der Waals surface area contributed by atoms with Gasteiger partial charge in [0.2, 0.25) is 0 Å². The van der Waals surface area contributed by atoms with E-state index in [1.54, 1.807) is 0 Å². The number of amides is 1. The lowest BCUT2D eigenvalue weighted by Crippen LogP contribution is -2.19. The van der Waals surface area contributed by atoms with E-state index in [1.807, 2.05) is 38.3 Å². The predicted octanol–water partition coefficient (Wildman–Crippen LogP) is 3.38. The molecule has 0 aliphatic heterocycles. The summed E-state index contributed by atoms with van der Waals surface area (Å²) in [5, 5.41) is 4.08. The third kappa shape index (κ3) is 3.78. The van der Waals surface area contributed by atoms with Crippen molar-refractivity contribution in [2.24, 2.45) is 11.0 Å². The van der Waals surface area contributed by atoms with Crippen LogP contribution in [0.3, 0.4) is 0 Å². The minimum atomic E-state index is -0.139. The van der Waals surface area contributed by atoms with Gasteiger partial charge >= 0.3 is 0 Å². The molecule has 1 aliphatic carbocycles. The SMILES string of the molecule is Cc1ccc(C(=O)N/N=C\[C@@H]2CC=CCC2)c(C)c1. The van der Waals surface area contributed by atoms with Crippen LogP contribution in [0.2, 0.25) is 0 Å². The average molecular weight is 256 g/mol. The maximum Gasteiger partial charge on any atom is 0.271 e. The van der Waals surface area contributed by atoms with Crippen LogP contribution >= 0.6 is 0 Å². The number of carbonyl (C=O) groups excluding carboxylic acids is 1. The highest BCUT2D eigenvalue weighted by atomic mass is 16.2. The summed E-state index contributed by atoms with van der Waals surface area (Å²) in [5.74, 6) is 0.310. The van der Waals surface area contributed by atoms with Gasteiger partial charge in [-0.05, 0) is 50.7 Å². The van der Waals surface area contributed by atoms with Crippen molar-refractivity contribution >= 4 is 12.1 Å². The quantitative estimate of drug-likeness (QED) is 0.503. The average Bonchev–Trinajstić information content (AvgIpc) is 2.39. The van der Waals surface area contributed by atoms with Crippen LogP contribution in [0.25, 0.3) is 0 Å². The van der Waals surface area contributed by atoms with Gasteiger partial charge in [0.1, 0.15) is 0 Å². The van der Waals surface area contributed by atoms with E-state index in [0.29, 0.717) is 11.5 Å². The first-order valence-corrected chi connectivity index (χ1v) is 6.72. The summed E-state index contributed by atoms with van der Waals surface area (Å²) in [4.78, 5) is 12.0. The molecule has 3 nitrogen and oxygen atoms in total. The number of nitrogens with one attached hydrogen (secondary N) is 1. The normalized spacial score (nSPS) is 18.7. The van der Waals surface area contributed by atoms with Crippen molar-refractivity contribution in [1.82, 2.24) is 5.43 Å². The lowest BCUT2D eigenvalue weighted by Gasteiger charge is -2.12. The number of carbonyl (C=O) groups is 1. The maximum atomic E-state index is 12.0. The molecule has 100 valence electrons. The van der Waals surface area contributed by atoms with Gasteiger partial charge in [0.15, 0.2) is 0 Å². The number of hydrogen-bond donors (Lipinski definition) is 1. The van der Waals surface area contributed by atoms with Gasteiger partial charge in [-0.3, -0.25) is 4.79 Å². The van der Waals surface area contributed by atoms with Crippen LogP contribution in [-0.2, 0) is 0 Å². The molecule has 2 rings (SSSR count). The van der Waals surface area contributed by atoms with Crippen LogP contribution in [0.1, 0.15) is 40.7 Å². The molecule has 0 saturated carbocycles. The van der Waals surface area contributed by atoms with E-state index in [1.165, 1.54) is 0 Å². The molecule has 0 aromatic heterocycles. The van der Waals surface area contributed by atoms with Gasteiger partial charge in [0.05, 0.1) is 0 Å². The van der Waals surface area contributed by atoms with E-state index >= 15 is 0 Å². The van der Waals surface area contributed by atoms with Crippen molar-refractivity contribution < 1.29 is 4.79 Å². The Hall–Kier alpha value is -1.90. The number of aryl methyl sites for hydroxylation is 2. The first kappa shape index (κ1) is 13.5. The standard InChI is InChI=1S/C16H20N2O/c1-12-8-9-15(13(2)10-12)16(19)18-17-11-14-6-4-3-5-7-14/h3-4,8-11,14H,5-7H2,1-2H3,(H,18,19)/b17-11-/t14-/m1/s1. The molecule has 0 bridgehead atoms. The van der Waals surface area contributed by atoms with Crippen molar-refractivity contribution in [3.63, 3.8) is 0 Å². The monoisotopic (exact) mass is 256 g/mol. The fourth-order valence-corrected chi connectivity index (χ4v) is 2.28. The number of allylic oxidation sites excluding steroid dienone is 2. The van der Waals surface area contributed by atoms with Crippen molar-refractivity contribution in [3.8, 4) is 0 Å². The smallest absolute Gasteiger partial charge is 0.267 e. The van der Waals surface area contributed by atoms with Crippen molar-refractivity contribution in [3.05, 3.63) is 47.0 Å². The third-order valence-corrected chi connectivity index (χ3v) is 3.39. The van der Waals surface area contributed by atoms with Crippen LogP contribution < -0.4 is 5.43 Å². The molecule has 0 radical (unpaired) electrons. The molecule has 1 N–H and O–H groups in total. The Balaban J connectivity index is 1.93. The summed E-state index contributed by atoms with van der Waals surface area (Å²) in [6, 6.07) is 5.79. The highest BCUT2D eigenvalue weighted by Gasteiger charge is 2.09. The Bertz CT molecular complexity index is 517. The number of nitrogens with zero attached hydrogens (tertiary/aromatic N) is 1. The van der Waals surface area contributed by atoms with Gasteiger partial charge in [-0.15, -0.1) is 0 Å². The fraction of sp³-hybridized carbons (Fsp3) is 0.375. The first-order chi connectivity index (χ1) is 9.16. The van der Waals surface area contributed by atoms with Crippen LogP contribution in [0.5, 0.6) is 0 Å². The maximum absolute atomic E-state index is 12.0. The lowest BCUT2D eigenvalue weighted by atomic mass is 9.96. The van der Waals surface area contributed by atoms with Crippen molar-refractivity contribution in [1.29, 1.82) is 0 Å². The molecule has 0 saturated heterocycles. The van der Waals surface area contributed by atoms with Gasteiger partial charge in [0.25, 0.3) is 5.91 Å². The molecule has 0 fully saturated rings. The van der Waals surface area contributed by atoms with E-state index in [2.05, 4.69) is 22.7 Å². The van der Waals surface area contributed by atoms with Crippen LogP contribution in [0.4, 0.5) is 0 Å². The number of benzene rings is 1. The molecule has 1 amide bonds. The molecule has 0 spiro atoms. The van der Waals surface area contributed by atoms with Crippen molar-refractivity contribution in [2.45, 2.75) is 33.1 Å². The minimum Gasteiger partial charge on any atom is -0.267 e. The van der Waals surface area contributed by atoms with Gasteiger partial charge in [-0.25, -0.2) is 5.43 Å². The molecule has 3 heteroatoms. The minimum absolute atomic E-state index is 0.139. The Kier molecular flexibility index (Phi) is 4.50. The summed E-state index contributed by atoms with van der Waals surface area (Å²) in [5.41, 5.74) is 5.44. The summed E-state index contributed by atoms with van der Waals surface area (Å²) in [7, 11) is 0. The molecule has 1 aromatic carbocycles. The molecule has 0 heterocycles. The molecule has 1 atom stereocenters. The van der Waals surface area contributed by atoms with Crippen LogP contribution in [-0.4, -0.2) is 12.1 Å². The highest BCUT2D eigenvalue weighted by Crippen LogP contribution is 2.15. The Labute approximate surface area is 114 Å².